The zero-order chi connectivity index (χ0) is 21.0. The third kappa shape index (κ3) is 4.71. The van der Waals surface area contributed by atoms with Gasteiger partial charge in [0.05, 0.1) is 11.6 Å². The Morgan fingerprint density at radius 2 is 1.93 bits per heavy atom. The number of carbonyl (C=O) groups is 2. The van der Waals surface area contributed by atoms with Crippen LogP contribution in [0.5, 0.6) is 11.5 Å². The Bertz CT molecular complexity index is 971. The number of amides is 3. The number of nitrogens with one attached hydrogen (secondary N) is 1. The number of aryl methyl sites for hydroxylation is 1. The molecule has 29 heavy (non-hydrogen) atoms. The molecule has 0 radical (unpaired) electrons. The van der Waals surface area contributed by atoms with Crippen LogP contribution < -0.4 is 14.8 Å². The summed E-state index contributed by atoms with van der Waals surface area (Å²) in [7, 11) is 0. The molecule has 7 heteroatoms. The molecule has 3 rings (SSSR count). The average molecular weight is 415 g/mol. The first-order chi connectivity index (χ1) is 13.9. The van der Waals surface area contributed by atoms with Crippen molar-refractivity contribution in [2.45, 2.75) is 27.4 Å². The van der Waals surface area contributed by atoms with Crippen molar-refractivity contribution in [3.63, 3.8) is 0 Å². The summed E-state index contributed by atoms with van der Waals surface area (Å²) in [5.74, 6) is 0.545. The molecule has 1 aliphatic rings. The normalized spacial score (nSPS) is 15.0. The minimum Gasteiger partial charge on any atom is -0.490 e. The van der Waals surface area contributed by atoms with Crippen LogP contribution in [0.25, 0.3) is 6.08 Å². The molecule has 1 fully saturated rings. The van der Waals surface area contributed by atoms with Crippen LogP contribution in [0.15, 0.2) is 42.1 Å². The van der Waals surface area contributed by atoms with Gasteiger partial charge in [-0.1, -0.05) is 41.4 Å². The SMILES string of the molecule is CCOc1cc(/C=C2/NC(=O)N(CC)C2=O)cc(Cl)c1OCc1cccc(C)c1. The van der Waals surface area contributed by atoms with Gasteiger partial charge >= 0.3 is 6.03 Å². The van der Waals surface area contributed by atoms with E-state index in [1.54, 1.807) is 25.1 Å². The summed E-state index contributed by atoms with van der Waals surface area (Å²) in [4.78, 5) is 25.3. The number of rotatable bonds is 7. The van der Waals surface area contributed by atoms with E-state index in [0.29, 0.717) is 41.8 Å². The number of hydrogen-bond donors (Lipinski definition) is 1. The second-order valence-electron chi connectivity index (χ2n) is 6.58. The van der Waals surface area contributed by atoms with Crippen molar-refractivity contribution in [1.29, 1.82) is 0 Å². The molecular formula is C22H23ClN2O4. The Morgan fingerprint density at radius 3 is 2.59 bits per heavy atom. The Morgan fingerprint density at radius 1 is 1.14 bits per heavy atom. The highest BCUT2D eigenvalue weighted by atomic mass is 35.5. The minimum absolute atomic E-state index is 0.198. The molecule has 0 spiro atoms. The van der Waals surface area contributed by atoms with Crippen molar-refractivity contribution < 1.29 is 19.1 Å². The van der Waals surface area contributed by atoms with Crippen molar-refractivity contribution in [2.24, 2.45) is 0 Å². The van der Waals surface area contributed by atoms with Gasteiger partial charge in [-0.3, -0.25) is 9.69 Å². The minimum atomic E-state index is -0.432. The molecule has 1 N–H and O–H groups in total. The summed E-state index contributed by atoms with van der Waals surface area (Å²) in [5.41, 5.74) is 2.99. The number of halogens is 1. The number of benzene rings is 2. The Kier molecular flexibility index (Phi) is 6.44. The maximum absolute atomic E-state index is 12.3. The summed E-state index contributed by atoms with van der Waals surface area (Å²) >= 11 is 6.46. The lowest BCUT2D eigenvalue weighted by molar-refractivity contribution is -0.122. The molecule has 0 bridgehead atoms. The quantitative estimate of drug-likeness (QED) is 0.533. The summed E-state index contributed by atoms with van der Waals surface area (Å²) < 4.78 is 11.6. The maximum Gasteiger partial charge on any atom is 0.328 e. The zero-order valence-electron chi connectivity index (χ0n) is 16.6. The van der Waals surface area contributed by atoms with E-state index >= 15 is 0 Å². The van der Waals surface area contributed by atoms with Crippen molar-refractivity contribution >= 4 is 29.6 Å². The van der Waals surface area contributed by atoms with Crippen LogP contribution in [-0.4, -0.2) is 30.0 Å². The molecule has 0 saturated carbocycles. The third-order valence-corrected chi connectivity index (χ3v) is 4.67. The molecule has 3 amide bonds. The Balaban J connectivity index is 1.87. The molecule has 0 aromatic heterocycles. The van der Waals surface area contributed by atoms with Gasteiger partial charge in [0.1, 0.15) is 12.3 Å². The second kappa shape index (κ2) is 9.01. The molecule has 2 aromatic carbocycles. The highest BCUT2D eigenvalue weighted by Gasteiger charge is 2.32. The van der Waals surface area contributed by atoms with Crippen LogP contribution in [0, 0.1) is 6.92 Å². The molecular weight excluding hydrogens is 392 g/mol. The average Bonchev–Trinajstić information content (AvgIpc) is 2.94. The van der Waals surface area contributed by atoms with E-state index in [1.807, 2.05) is 38.1 Å². The fourth-order valence-electron chi connectivity index (χ4n) is 3.06. The standard InChI is InChI=1S/C22H23ClN2O4/c1-4-25-21(26)18(24-22(25)27)11-16-10-17(23)20(19(12-16)28-5-2)29-13-15-8-6-7-14(3)9-15/h6-12H,4-5,13H2,1-3H3,(H,24,27)/b18-11+. The summed E-state index contributed by atoms with van der Waals surface area (Å²) in [5, 5.41) is 2.93. The molecule has 0 unspecified atom stereocenters. The zero-order valence-corrected chi connectivity index (χ0v) is 17.4. The lowest BCUT2D eigenvalue weighted by atomic mass is 10.1. The van der Waals surface area contributed by atoms with Gasteiger partial charge in [-0.2, -0.15) is 0 Å². The molecule has 0 aliphatic carbocycles. The fraction of sp³-hybridized carbons (Fsp3) is 0.273. The Labute approximate surface area is 175 Å². The number of urea groups is 1. The second-order valence-corrected chi connectivity index (χ2v) is 6.99. The summed E-state index contributed by atoms with van der Waals surface area (Å²) in [6, 6.07) is 11.0. The number of ether oxygens (including phenoxy) is 2. The number of imide groups is 1. The largest absolute Gasteiger partial charge is 0.490 e. The van der Waals surface area contributed by atoms with Crippen LogP contribution in [0.1, 0.15) is 30.5 Å². The topological polar surface area (TPSA) is 67.9 Å². The molecule has 152 valence electrons. The van der Waals surface area contributed by atoms with Gasteiger partial charge in [0, 0.05) is 6.54 Å². The molecule has 1 aliphatic heterocycles. The van der Waals surface area contributed by atoms with Gasteiger partial charge < -0.3 is 14.8 Å². The van der Waals surface area contributed by atoms with E-state index < -0.39 is 6.03 Å². The maximum atomic E-state index is 12.3. The monoisotopic (exact) mass is 414 g/mol. The first-order valence-electron chi connectivity index (χ1n) is 9.42. The van der Waals surface area contributed by atoms with Crippen molar-refractivity contribution in [1.82, 2.24) is 10.2 Å². The van der Waals surface area contributed by atoms with Gasteiger partial charge in [-0.15, -0.1) is 0 Å². The predicted molar refractivity (Wildman–Crippen MR) is 112 cm³/mol. The molecule has 2 aromatic rings. The first kappa shape index (κ1) is 20.7. The highest BCUT2D eigenvalue weighted by Crippen LogP contribution is 2.38. The van der Waals surface area contributed by atoms with Gasteiger partial charge in [-0.25, -0.2) is 4.79 Å². The van der Waals surface area contributed by atoms with E-state index in [0.717, 1.165) is 16.0 Å². The number of carbonyl (C=O) groups excluding carboxylic acids is 2. The van der Waals surface area contributed by atoms with Gasteiger partial charge in [-0.05, 0) is 50.1 Å². The molecule has 1 saturated heterocycles. The van der Waals surface area contributed by atoms with Gasteiger partial charge in [0.15, 0.2) is 11.5 Å². The van der Waals surface area contributed by atoms with Gasteiger partial charge in [0.2, 0.25) is 0 Å². The molecule has 6 nitrogen and oxygen atoms in total. The lowest BCUT2D eigenvalue weighted by Crippen LogP contribution is -2.30. The first-order valence-corrected chi connectivity index (χ1v) is 9.80. The molecule has 0 atom stereocenters. The van der Waals surface area contributed by atoms with Crippen LogP contribution in [0.4, 0.5) is 4.79 Å². The fourth-order valence-corrected chi connectivity index (χ4v) is 3.33. The van der Waals surface area contributed by atoms with E-state index in [9.17, 15) is 9.59 Å². The number of nitrogens with zero attached hydrogens (tertiary/aromatic N) is 1. The van der Waals surface area contributed by atoms with E-state index in [1.165, 1.54) is 0 Å². The lowest BCUT2D eigenvalue weighted by Gasteiger charge is -2.15. The third-order valence-electron chi connectivity index (χ3n) is 4.39. The predicted octanol–water partition coefficient (Wildman–Crippen LogP) is 4.54. The van der Waals surface area contributed by atoms with Crippen molar-refractivity contribution in [3.8, 4) is 11.5 Å². The van der Waals surface area contributed by atoms with Crippen LogP contribution >= 0.6 is 11.6 Å². The molecule has 1 heterocycles. The van der Waals surface area contributed by atoms with Gasteiger partial charge in [0.25, 0.3) is 5.91 Å². The number of likely N-dealkylation sites (N-methyl/N-ethyl adjacent to an activating group) is 1. The highest BCUT2D eigenvalue weighted by molar-refractivity contribution is 6.32. The van der Waals surface area contributed by atoms with Crippen LogP contribution in [0.2, 0.25) is 5.02 Å². The van der Waals surface area contributed by atoms with E-state index in [-0.39, 0.29) is 11.6 Å². The van der Waals surface area contributed by atoms with Crippen LogP contribution in [0.3, 0.4) is 0 Å². The Hall–Kier alpha value is -2.99. The van der Waals surface area contributed by atoms with Crippen molar-refractivity contribution in [3.05, 3.63) is 63.8 Å². The van der Waals surface area contributed by atoms with E-state index in [2.05, 4.69) is 5.32 Å². The summed E-state index contributed by atoms with van der Waals surface area (Å²) in [6.45, 7) is 6.71. The smallest absolute Gasteiger partial charge is 0.328 e. The number of hydrogen-bond acceptors (Lipinski definition) is 4. The van der Waals surface area contributed by atoms with E-state index in [4.69, 9.17) is 21.1 Å². The van der Waals surface area contributed by atoms with Crippen molar-refractivity contribution in [2.75, 3.05) is 13.2 Å². The summed E-state index contributed by atoms with van der Waals surface area (Å²) in [6.07, 6.45) is 1.58. The van der Waals surface area contributed by atoms with Crippen LogP contribution in [-0.2, 0) is 11.4 Å².